The topological polar surface area (TPSA) is 52.3 Å². The lowest BCUT2D eigenvalue weighted by atomic mass is 10.1. The van der Waals surface area contributed by atoms with Gasteiger partial charge in [-0.3, -0.25) is 0 Å². The van der Waals surface area contributed by atoms with Gasteiger partial charge in [-0.25, -0.2) is 4.79 Å². The molecule has 0 aromatic carbocycles. The number of hydrogen-bond acceptors (Lipinski definition) is 2. The summed E-state index contributed by atoms with van der Waals surface area (Å²) in [6.45, 7) is 1.44. The molecule has 0 fully saturated rings. The molecule has 0 rings (SSSR count). The third kappa shape index (κ3) is 2.65. The minimum atomic E-state index is -4.60. The maximum atomic E-state index is 11.9. The summed E-state index contributed by atoms with van der Waals surface area (Å²) in [5, 5.41) is 0. The Hall–Kier alpha value is -0.940. The molecule has 2 N–H and O–H groups in total. The lowest BCUT2D eigenvalue weighted by Gasteiger charge is -2.26. The van der Waals surface area contributed by atoms with Gasteiger partial charge in [0.25, 0.3) is 0 Å². The molecule has 1 amide bonds. The van der Waals surface area contributed by atoms with Crippen molar-refractivity contribution >= 4 is 6.09 Å². The van der Waals surface area contributed by atoms with Crippen molar-refractivity contribution in [2.75, 3.05) is 0 Å². The highest BCUT2D eigenvalue weighted by molar-refractivity contribution is 5.65. The largest absolute Gasteiger partial charge is 0.434 e. The fourth-order valence-corrected chi connectivity index (χ4v) is 0.309. The summed E-state index contributed by atoms with van der Waals surface area (Å²) in [7, 11) is 0. The fourth-order valence-electron chi connectivity index (χ4n) is 0.309. The molecule has 0 aliphatic rings. The Morgan fingerprint density at radius 3 is 1.91 bits per heavy atom. The van der Waals surface area contributed by atoms with Gasteiger partial charge in [0.15, 0.2) is 0 Å². The van der Waals surface area contributed by atoms with Crippen LogP contribution in [0.4, 0.5) is 18.0 Å². The van der Waals surface area contributed by atoms with E-state index >= 15 is 0 Å². The molecule has 6 heteroatoms. The summed E-state index contributed by atoms with van der Waals surface area (Å²) in [6.07, 6.45) is -6.03. The Morgan fingerprint density at radius 1 is 1.45 bits per heavy atom. The van der Waals surface area contributed by atoms with Crippen molar-refractivity contribution in [2.24, 2.45) is 5.73 Å². The van der Waals surface area contributed by atoms with Gasteiger partial charge in [0.05, 0.1) is 0 Å². The van der Waals surface area contributed by atoms with Crippen molar-refractivity contribution in [1.82, 2.24) is 0 Å². The highest BCUT2D eigenvalue weighted by Gasteiger charge is 2.50. The third-order valence-corrected chi connectivity index (χ3v) is 1.04. The number of halogens is 3. The van der Waals surface area contributed by atoms with Crippen LogP contribution in [0.1, 0.15) is 15.3 Å². The zero-order valence-corrected chi connectivity index (χ0v) is 6.03. The van der Waals surface area contributed by atoms with Crippen LogP contribution in [0, 0.1) is 0 Å². The van der Waals surface area contributed by atoms with Crippen LogP contribution >= 0.6 is 0 Å². The Labute approximate surface area is 62.8 Å². The van der Waals surface area contributed by atoms with Crippen LogP contribution in [0.3, 0.4) is 0 Å². The molecule has 11 heavy (non-hydrogen) atoms. The molecule has 0 aromatic heterocycles. The smallest absolute Gasteiger partial charge is 0.427 e. The van der Waals surface area contributed by atoms with Gasteiger partial charge in [-0.05, 0) is 13.8 Å². The number of rotatable bonds is 1. The molecule has 0 unspecified atom stereocenters. The summed E-state index contributed by atoms with van der Waals surface area (Å²) in [6, 6.07) is 0. The molecule has 0 saturated heterocycles. The van der Waals surface area contributed by atoms with E-state index in [-0.39, 0.29) is 1.43 Å². The van der Waals surface area contributed by atoms with E-state index in [9.17, 15) is 18.0 Å². The van der Waals surface area contributed by atoms with Gasteiger partial charge in [-0.15, -0.1) is 0 Å². The average Bonchev–Trinajstić information content (AvgIpc) is 1.56. The zero-order chi connectivity index (χ0) is 9.28. The van der Waals surface area contributed by atoms with Gasteiger partial charge in [0.1, 0.15) is 0 Å². The van der Waals surface area contributed by atoms with Gasteiger partial charge in [-0.1, -0.05) is 0 Å². The predicted octanol–water partition coefficient (Wildman–Crippen LogP) is 1.67. The van der Waals surface area contributed by atoms with Crippen LogP contribution in [0.15, 0.2) is 0 Å². The maximum Gasteiger partial charge on any atom is 0.427 e. The van der Waals surface area contributed by atoms with Crippen LogP contribution in [-0.4, -0.2) is 17.9 Å². The normalized spacial score (nSPS) is 12.8. The Bertz CT molecular complexity index is 169. The lowest BCUT2D eigenvalue weighted by Crippen LogP contribution is -2.44. The molecule has 0 spiro atoms. The minimum Gasteiger partial charge on any atom is -0.434 e. The molecule has 0 saturated carbocycles. The number of nitrogens with two attached hydrogens (primary N) is 1. The van der Waals surface area contributed by atoms with Gasteiger partial charge in [0.2, 0.25) is 5.60 Å². The number of amides is 1. The summed E-state index contributed by atoms with van der Waals surface area (Å²) in [5.74, 6) is 0. The number of primary amides is 1. The second kappa shape index (κ2) is 2.60. The molecular weight excluding hydrogens is 163 g/mol. The van der Waals surface area contributed by atoms with Crippen molar-refractivity contribution in [3.63, 3.8) is 0 Å². The van der Waals surface area contributed by atoms with E-state index in [2.05, 4.69) is 10.5 Å². The average molecular weight is 173 g/mol. The van der Waals surface area contributed by atoms with E-state index in [4.69, 9.17) is 0 Å². The monoisotopic (exact) mass is 173 g/mol. The van der Waals surface area contributed by atoms with E-state index in [1.54, 1.807) is 0 Å². The highest BCUT2D eigenvalue weighted by Crippen LogP contribution is 2.32. The van der Waals surface area contributed by atoms with Crippen molar-refractivity contribution in [3.05, 3.63) is 0 Å². The Balaban J connectivity index is 0. The molecule has 68 valence electrons. The number of hydrogen-bond donors (Lipinski definition) is 1. The first-order valence-corrected chi connectivity index (χ1v) is 2.72. The van der Waals surface area contributed by atoms with Gasteiger partial charge < -0.3 is 10.5 Å². The molecule has 0 heterocycles. The number of alkyl halides is 3. The van der Waals surface area contributed by atoms with Gasteiger partial charge in [0, 0.05) is 1.43 Å². The van der Waals surface area contributed by atoms with E-state index < -0.39 is 17.9 Å². The second-order valence-electron chi connectivity index (χ2n) is 2.43. The Morgan fingerprint density at radius 2 is 1.82 bits per heavy atom. The Kier molecular flexibility index (Phi) is 2.37. The minimum absolute atomic E-state index is 0. The maximum absolute atomic E-state index is 11.9. The first-order chi connectivity index (χ1) is 4.67. The first-order valence-electron chi connectivity index (χ1n) is 2.72. The van der Waals surface area contributed by atoms with Crippen LogP contribution in [0.5, 0.6) is 0 Å². The molecule has 0 bridgehead atoms. The quantitative estimate of drug-likeness (QED) is 0.655. The van der Waals surface area contributed by atoms with E-state index in [0.29, 0.717) is 0 Å². The summed E-state index contributed by atoms with van der Waals surface area (Å²) < 4.78 is 39.4. The molecule has 3 nitrogen and oxygen atoms in total. The van der Waals surface area contributed by atoms with Crippen LogP contribution in [-0.2, 0) is 4.74 Å². The SMILES string of the molecule is CC(C)(OC(N)=O)C(F)(F)F.[HH]. The van der Waals surface area contributed by atoms with Crippen LogP contribution in [0.2, 0.25) is 0 Å². The summed E-state index contributed by atoms with van der Waals surface area (Å²) in [5.41, 5.74) is 1.90. The molecular formula is C5H10F3NO2. The van der Waals surface area contributed by atoms with Gasteiger partial charge in [-0.2, -0.15) is 13.2 Å². The van der Waals surface area contributed by atoms with Crippen molar-refractivity contribution in [2.45, 2.75) is 25.6 Å². The molecule has 0 aliphatic carbocycles. The van der Waals surface area contributed by atoms with E-state index in [0.717, 1.165) is 13.8 Å². The predicted molar refractivity (Wildman–Crippen MR) is 32.9 cm³/mol. The summed E-state index contributed by atoms with van der Waals surface area (Å²) in [4.78, 5) is 9.96. The number of carbonyl (C=O) groups excluding carboxylic acids is 1. The van der Waals surface area contributed by atoms with Crippen molar-refractivity contribution < 1.29 is 24.1 Å². The van der Waals surface area contributed by atoms with Gasteiger partial charge >= 0.3 is 12.3 Å². The lowest BCUT2D eigenvalue weighted by molar-refractivity contribution is -0.243. The van der Waals surface area contributed by atoms with Crippen LogP contribution in [0.25, 0.3) is 0 Å². The van der Waals surface area contributed by atoms with E-state index in [1.165, 1.54) is 0 Å². The number of ether oxygens (including phenoxy) is 1. The first kappa shape index (κ1) is 10.1. The highest BCUT2D eigenvalue weighted by atomic mass is 19.4. The standard InChI is InChI=1S/C5H8F3NO2.H2/c1-4(2,5(6,7)8)11-3(9)10;/h1-2H3,(H2,9,10);1H. The van der Waals surface area contributed by atoms with Crippen LogP contribution < -0.4 is 5.73 Å². The van der Waals surface area contributed by atoms with Crippen molar-refractivity contribution in [1.29, 1.82) is 0 Å². The van der Waals surface area contributed by atoms with Crippen molar-refractivity contribution in [3.8, 4) is 0 Å². The third-order valence-electron chi connectivity index (χ3n) is 1.04. The number of carbonyl (C=O) groups is 1. The molecule has 0 aromatic rings. The molecule has 0 radical (unpaired) electrons. The van der Waals surface area contributed by atoms with E-state index in [1.807, 2.05) is 0 Å². The molecule has 0 atom stereocenters. The zero-order valence-electron chi connectivity index (χ0n) is 6.03. The molecule has 0 aliphatic heterocycles. The fraction of sp³-hybridized carbons (Fsp3) is 0.800. The summed E-state index contributed by atoms with van der Waals surface area (Å²) >= 11 is 0. The second-order valence-corrected chi connectivity index (χ2v) is 2.43.